The lowest BCUT2D eigenvalue weighted by Gasteiger charge is -2.23. The number of hydrogen-bond acceptors (Lipinski definition) is 4. The van der Waals surface area contributed by atoms with Gasteiger partial charge in [-0.05, 0) is 61.4 Å². The van der Waals surface area contributed by atoms with Crippen molar-refractivity contribution < 1.29 is 19.4 Å². The molecular weight excluding hydrogens is 392 g/mol. The SMILES string of the molecule is O=C(O)c1ccc(-c2nc3ccccc3n2-c2ccc(OC3CCCCO3)cc2)cc1. The van der Waals surface area contributed by atoms with Gasteiger partial charge in [-0.25, -0.2) is 9.78 Å². The number of nitrogens with zero attached hydrogens (tertiary/aromatic N) is 2. The van der Waals surface area contributed by atoms with Crippen molar-refractivity contribution in [2.24, 2.45) is 0 Å². The van der Waals surface area contributed by atoms with Crippen LogP contribution in [0.2, 0.25) is 0 Å². The van der Waals surface area contributed by atoms with Crippen molar-refractivity contribution in [3.05, 3.63) is 78.4 Å². The minimum atomic E-state index is -0.947. The van der Waals surface area contributed by atoms with E-state index in [0.717, 1.165) is 59.7 Å². The largest absolute Gasteiger partial charge is 0.478 e. The number of carbonyl (C=O) groups is 1. The van der Waals surface area contributed by atoms with Gasteiger partial charge in [0.2, 0.25) is 0 Å². The monoisotopic (exact) mass is 414 g/mol. The van der Waals surface area contributed by atoms with Crippen LogP contribution in [0.5, 0.6) is 5.75 Å². The van der Waals surface area contributed by atoms with Gasteiger partial charge in [-0.2, -0.15) is 0 Å². The lowest BCUT2D eigenvalue weighted by molar-refractivity contribution is -0.105. The first-order chi connectivity index (χ1) is 15.2. The number of carboxylic acid groups (broad SMARTS) is 1. The van der Waals surface area contributed by atoms with Crippen molar-refractivity contribution in [1.29, 1.82) is 0 Å². The van der Waals surface area contributed by atoms with Crippen molar-refractivity contribution in [1.82, 2.24) is 9.55 Å². The summed E-state index contributed by atoms with van der Waals surface area (Å²) >= 11 is 0. The molecule has 1 unspecified atom stereocenters. The molecule has 3 aromatic carbocycles. The standard InChI is InChI=1S/C25H22N2O4/c28-25(29)18-10-8-17(9-11-18)24-26-21-5-1-2-6-22(21)27(24)19-12-14-20(15-13-19)31-23-7-3-4-16-30-23/h1-2,5-6,8-15,23H,3-4,7,16H2,(H,28,29). The number of aromatic carboxylic acids is 1. The smallest absolute Gasteiger partial charge is 0.335 e. The molecule has 0 aliphatic carbocycles. The van der Waals surface area contributed by atoms with Gasteiger partial charge in [0.15, 0.2) is 6.29 Å². The van der Waals surface area contributed by atoms with Gasteiger partial charge in [0.25, 0.3) is 0 Å². The number of aromatic nitrogens is 2. The van der Waals surface area contributed by atoms with Crippen LogP contribution >= 0.6 is 0 Å². The molecule has 1 aromatic heterocycles. The van der Waals surface area contributed by atoms with Crippen LogP contribution in [0.3, 0.4) is 0 Å². The summed E-state index contributed by atoms with van der Waals surface area (Å²) in [6, 6.07) is 22.6. The summed E-state index contributed by atoms with van der Waals surface area (Å²) in [6.07, 6.45) is 2.93. The van der Waals surface area contributed by atoms with E-state index >= 15 is 0 Å². The van der Waals surface area contributed by atoms with E-state index in [0.29, 0.717) is 0 Å². The second kappa shape index (κ2) is 8.24. The van der Waals surface area contributed by atoms with Crippen LogP contribution in [0.4, 0.5) is 0 Å². The first kappa shape index (κ1) is 19.3. The molecule has 4 aromatic rings. The van der Waals surface area contributed by atoms with E-state index in [-0.39, 0.29) is 11.9 Å². The molecule has 0 radical (unpaired) electrons. The third-order valence-electron chi connectivity index (χ3n) is 5.45. The van der Waals surface area contributed by atoms with E-state index in [1.54, 1.807) is 24.3 Å². The maximum absolute atomic E-state index is 11.2. The third-order valence-corrected chi connectivity index (χ3v) is 5.45. The number of rotatable bonds is 5. The number of benzene rings is 3. The molecule has 1 N–H and O–H groups in total. The molecule has 1 aliphatic heterocycles. The Morgan fingerprint density at radius 2 is 1.77 bits per heavy atom. The highest BCUT2D eigenvalue weighted by Crippen LogP contribution is 2.30. The van der Waals surface area contributed by atoms with E-state index in [2.05, 4.69) is 4.57 Å². The Balaban J connectivity index is 1.52. The zero-order chi connectivity index (χ0) is 21.2. The molecular formula is C25H22N2O4. The normalized spacial score (nSPS) is 16.3. The Labute approximate surface area is 179 Å². The highest BCUT2D eigenvalue weighted by atomic mass is 16.7. The van der Waals surface area contributed by atoms with E-state index < -0.39 is 5.97 Å². The van der Waals surface area contributed by atoms with Crippen LogP contribution in [0.15, 0.2) is 72.8 Å². The predicted molar refractivity (Wildman–Crippen MR) is 118 cm³/mol. The number of fused-ring (bicyclic) bond motifs is 1. The van der Waals surface area contributed by atoms with Crippen LogP contribution in [-0.4, -0.2) is 33.5 Å². The van der Waals surface area contributed by atoms with Gasteiger partial charge < -0.3 is 14.6 Å². The second-order valence-corrected chi connectivity index (χ2v) is 7.55. The zero-order valence-electron chi connectivity index (χ0n) is 16.9. The van der Waals surface area contributed by atoms with E-state index in [1.807, 2.05) is 48.5 Å². The first-order valence-corrected chi connectivity index (χ1v) is 10.4. The van der Waals surface area contributed by atoms with Crippen molar-refractivity contribution in [2.45, 2.75) is 25.6 Å². The molecule has 156 valence electrons. The van der Waals surface area contributed by atoms with Crippen LogP contribution in [-0.2, 0) is 4.74 Å². The summed E-state index contributed by atoms with van der Waals surface area (Å²) in [7, 11) is 0. The summed E-state index contributed by atoms with van der Waals surface area (Å²) in [5.41, 5.74) is 3.89. The molecule has 0 spiro atoms. The first-order valence-electron chi connectivity index (χ1n) is 10.4. The van der Waals surface area contributed by atoms with Crippen LogP contribution in [0.1, 0.15) is 29.6 Å². The van der Waals surface area contributed by atoms with Crippen molar-refractivity contribution in [2.75, 3.05) is 6.61 Å². The fourth-order valence-corrected chi connectivity index (χ4v) is 3.87. The minimum Gasteiger partial charge on any atom is -0.478 e. The molecule has 31 heavy (non-hydrogen) atoms. The minimum absolute atomic E-state index is 0.183. The van der Waals surface area contributed by atoms with Gasteiger partial charge in [-0.1, -0.05) is 24.3 Å². The van der Waals surface area contributed by atoms with Gasteiger partial charge in [-0.3, -0.25) is 4.57 Å². The number of para-hydroxylation sites is 2. The van der Waals surface area contributed by atoms with E-state index in [4.69, 9.17) is 14.5 Å². The van der Waals surface area contributed by atoms with Gasteiger partial charge in [-0.15, -0.1) is 0 Å². The lowest BCUT2D eigenvalue weighted by atomic mass is 10.1. The summed E-state index contributed by atoms with van der Waals surface area (Å²) in [5, 5.41) is 9.20. The zero-order valence-corrected chi connectivity index (χ0v) is 16.9. The molecule has 0 bridgehead atoms. The molecule has 1 atom stereocenters. The second-order valence-electron chi connectivity index (χ2n) is 7.55. The number of hydrogen-bond donors (Lipinski definition) is 1. The molecule has 6 nitrogen and oxygen atoms in total. The predicted octanol–water partition coefficient (Wildman–Crippen LogP) is 5.30. The maximum atomic E-state index is 11.2. The average molecular weight is 414 g/mol. The molecule has 6 heteroatoms. The van der Waals surface area contributed by atoms with Gasteiger partial charge in [0.1, 0.15) is 11.6 Å². The Morgan fingerprint density at radius 3 is 2.48 bits per heavy atom. The Morgan fingerprint density at radius 1 is 1.00 bits per heavy atom. The number of carboxylic acids is 1. The van der Waals surface area contributed by atoms with Crippen LogP contribution in [0.25, 0.3) is 28.1 Å². The van der Waals surface area contributed by atoms with Crippen molar-refractivity contribution in [3.63, 3.8) is 0 Å². The number of imidazole rings is 1. The topological polar surface area (TPSA) is 73.6 Å². The Hall–Kier alpha value is -3.64. The average Bonchev–Trinajstić information content (AvgIpc) is 3.20. The summed E-state index contributed by atoms with van der Waals surface area (Å²) in [4.78, 5) is 16.0. The fraction of sp³-hybridized carbons (Fsp3) is 0.200. The highest BCUT2D eigenvalue weighted by Gasteiger charge is 2.17. The van der Waals surface area contributed by atoms with Gasteiger partial charge in [0, 0.05) is 17.7 Å². The highest BCUT2D eigenvalue weighted by molar-refractivity contribution is 5.89. The van der Waals surface area contributed by atoms with Gasteiger partial charge >= 0.3 is 5.97 Å². The maximum Gasteiger partial charge on any atom is 0.335 e. The Bertz CT molecular complexity index is 1210. The van der Waals surface area contributed by atoms with Gasteiger partial charge in [0.05, 0.1) is 23.2 Å². The molecule has 1 saturated heterocycles. The van der Waals surface area contributed by atoms with Crippen molar-refractivity contribution >= 4 is 17.0 Å². The molecule has 5 rings (SSSR count). The van der Waals surface area contributed by atoms with Crippen molar-refractivity contribution in [3.8, 4) is 22.8 Å². The molecule has 1 fully saturated rings. The van der Waals surface area contributed by atoms with Crippen LogP contribution < -0.4 is 4.74 Å². The molecule has 0 saturated carbocycles. The molecule has 2 heterocycles. The summed E-state index contributed by atoms with van der Waals surface area (Å²) in [5.74, 6) is 0.576. The van der Waals surface area contributed by atoms with E-state index in [9.17, 15) is 9.90 Å². The lowest BCUT2D eigenvalue weighted by Crippen LogP contribution is -2.24. The molecule has 0 amide bonds. The molecule has 1 aliphatic rings. The summed E-state index contributed by atoms with van der Waals surface area (Å²) in [6.45, 7) is 0.744. The van der Waals surface area contributed by atoms with E-state index in [1.165, 1.54) is 0 Å². The Kier molecular flexibility index (Phi) is 5.14. The van der Waals surface area contributed by atoms with Crippen LogP contribution in [0, 0.1) is 0 Å². The number of ether oxygens (including phenoxy) is 2. The third kappa shape index (κ3) is 3.90. The quantitative estimate of drug-likeness (QED) is 0.480. The fourth-order valence-electron chi connectivity index (χ4n) is 3.87. The summed E-state index contributed by atoms with van der Waals surface area (Å²) < 4.78 is 13.7.